The van der Waals surface area contributed by atoms with E-state index in [0.29, 0.717) is 11.1 Å². The van der Waals surface area contributed by atoms with Crippen LogP contribution in [-0.4, -0.2) is 23.3 Å². The second kappa shape index (κ2) is 5.48. The van der Waals surface area contributed by atoms with Crippen LogP contribution in [0.3, 0.4) is 0 Å². The van der Waals surface area contributed by atoms with Crippen molar-refractivity contribution in [3.8, 4) is 0 Å². The van der Waals surface area contributed by atoms with Crippen molar-refractivity contribution in [1.29, 1.82) is 0 Å². The Labute approximate surface area is 151 Å². The molecule has 2 atom stereocenters. The molecule has 0 saturated carbocycles. The summed E-state index contributed by atoms with van der Waals surface area (Å²) in [5, 5.41) is 0. The molecule has 1 heterocycles. The van der Waals surface area contributed by atoms with Gasteiger partial charge in [0.1, 0.15) is 0 Å². The average Bonchev–Trinajstić information content (AvgIpc) is 3.45. The number of ether oxygens (including phenoxy) is 1. The Balaban J connectivity index is 1.72. The van der Waals surface area contributed by atoms with Gasteiger partial charge in [0.05, 0.1) is 0 Å². The summed E-state index contributed by atoms with van der Waals surface area (Å²) < 4.78 is 5.94. The number of rotatable bonds is 3. The molecule has 1 fully saturated rings. The number of carbonyl (C=O) groups is 2. The third-order valence-electron chi connectivity index (χ3n) is 5.37. The van der Waals surface area contributed by atoms with Crippen molar-refractivity contribution in [2.45, 2.75) is 17.6 Å². The summed E-state index contributed by atoms with van der Waals surface area (Å²) in [6.07, 6.45) is -0.713. The Kier molecular flexibility index (Phi) is 3.21. The third-order valence-corrected chi connectivity index (χ3v) is 5.37. The molecule has 2 aliphatic rings. The normalized spacial score (nSPS) is 23.5. The van der Waals surface area contributed by atoms with Crippen LogP contribution in [0.1, 0.15) is 37.8 Å². The fourth-order valence-corrected chi connectivity index (χ4v) is 4.16. The number of fused-ring (bicyclic) bond motifs is 2. The Bertz CT molecular complexity index is 970. The maximum Gasteiger partial charge on any atom is 0.199 e. The van der Waals surface area contributed by atoms with Crippen molar-refractivity contribution in [2.24, 2.45) is 0 Å². The lowest BCUT2D eigenvalue weighted by atomic mass is 9.70. The molecule has 0 aromatic heterocycles. The summed E-state index contributed by atoms with van der Waals surface area (Å²) in [4.78, 5) is 26.3. The van der Waals surface area contributed by atoms with Gasteiger partial charge in [-0.15, -0.1) is 0 Å². The highest BCUT2D eigenvalue weighted by Crippen LogP contribution is 2.56. The minimum absolute atomic E-state index is 0.0999. The van der Waals surface area contributed by atoms with Crippen molar-refractivity contribution < 1.29 is 14.3 Å². The molecule has 1 saturated heterocycles. The molecule has 5 rings (SSSR count). The van der Waals surface area contributed by atoms with E-state index in [-0.39, 0.29) is 17.5 Å². The minimum Gasteiger partial charge on any atom is -0.348 e. The number of Topliss-reactive ketones (excluding diaryl/α,β-unsaturated/α-hetero) is 2. The largest absolute Gasteiger partial charge is 0.348 e. The van der Waals surface area contributed by atoms with Crippen LogP contribution in [0.5, 0.6) is 0 Å². The number of ketones is 2. The highest BCUT2D eigenvalue weighted by molar-refractivity contribution is 6.23. The van der Waals surface area contributed by atoms with Crippen LogP contribution in [0, 0.1) is 0 Å². The molecule has 1 aliphatic carbocycles. The molecule has 3 aromatic carbocycles. The van der Waals surface area contributed by atoms with E-state index in [4.69, 9.17) is 4.74 Å². The smallest absolute Gasteiger partial charge is 0.199 e. The van der Waals surface area contributed by atoms with Gasteiger partial charge < -0.3 is 4.74 Å². The zero-order chi connectivity index (χ0) is 17.7. The average molecular weight is 340 g/mol. The van der Waals surface area contributed by atoms with E-state index >= 15 is 0 Å². The molecule has 0 N–H and O–H groups in total. The van der Waals surface area contributed by atoms with Gasteiger partial charge in [0.25, 0.3) is 0 Å². The van der Waals surface area contributed by atoms with Crippen LogP contribution in [0.4, 0.5) is 0 Å². The van der Waals surface area contributed by atoms with E-state index < -0.39 is 11.7 Å². The summed E-state index contributed by atoms with van der Waals surface area (Å²) in [5.41, 5.74) is 1.73. The molecule has 0 spiro atoms. The Morgan fingerprint density at radius 3 is 1.77 bits per heavy atom. The predicted molar refractivity (Wildman–Crippen MR) is 97.4 cm³/mol. The fraction of sp³-hybridized carbons (Fsp3) is 0.130. The molecule has 126 valence electrons. The fourth-order valence-electron chi connectivity index (χ4n) is 4.16. The second-order valence-electron chi connectivity index (χ2n) is 6.78. The van der Waals surface area contributed by atoms with Gasteiger partial charge in [0, 0.05) is 17.0 Å². The quantitative estimate of drug-likeness (QED) is 0.676. The molecule has 2 unspecified atom stereocenters. The van der Waals surface area contributed by atoms with Crippen LogP contribution in [-0.2, 0) is 4.74 Å². The van der Waals surface area contributed by atoms with Gasteiger partial charge in [-0.25, -0.2) is 0 Å². The van der Waals surface area contributed by atoms with Crippen molar-refractivity contribution in [1.82, 2.24) is 0 Å². The molecular weight excluding hydrogens is 324 g/mol. The molecule has 0 amide bonds. The van der Waals surface area contributed by atoms with Crippen LogP contribution in [0.2, 0.25) is 0 Å². The molecule has 3 aromatic rings. The number of benzene rings is 3. The van der Waals surface area contributed by atoms with Gasteiger partial charge in [-0.2, -0.15) is 0 Å². The van der Waals surface area contributed by atoms with E-state index in [2.05, 4.69) is 0 Å². The Morgan fingerprint density at radius 2 is 1.19 bits per heavy atom. The first-order valence-electron chi connectivity index (χ1n) is 8.69. The van der Waals surface area contributed by atoms with Crippen molar-refractivity contribution >= 4 is 11.6 Å². The standard InChI is InChI=1S/C23H16O3/c24-20-17-13-7-8-14-18(17)21(25)23(22(20)26-23)19(15-9-3-1-4-10-15)16-11-5-2-6-12-16/h1-14,19,22H. The molecule has 3 heteroatoms. The van der Waals surface area contributed by atoms with E-state index in [1.54, 1.807) is 24.3 Å². The molecular formula is C23H16O3. The highest BCUT2D eigenvalue weighted by atomic mass is 16.6. The van der Waals surface area contributed by atoms with Gasteiger partial charge in [-0.3, -0.25) is 9.59 Å². The molecule has 0 radical (unpaired) electrons. The first-order valence-corrected chi connectivity index (χ1v) is 8.69. The minimum atomic E-state index is -1.14. The number of carbonyl (C=O) groups excluding carboxylic acids is 2. The number of hydrogen-bond acceptors (Lipinski definition) is 3. The highest BCUT2D eigenvalue weighted by Gasteiger charge is 2.72. The van der Waals surface area contributed by atoms with Crippen LogP contribution in [0.25, 0.3) is 0 Å². The monoisotopic (exact) mass is 340 g/mol. The zero-order valence-corrected chi connectivity index (χ0v) is 14.0. The Morgan fingerprint density at radius 1 is 0.692 bits per heavy atom. The summed E-state index contributed by atoms with van der Waals surface area (Å²) in [6.45, 7) is 0. The van der Waals surface area contributed by atoms with E-state index in [9.17, 15) is 9.59 Å². The SMILES string of the molecule is O=C1c2ccccc2C(=O)C2(C(c3ccccc3)c3ccccc3)OC12. The number of epoxide rings is 1. The molecule has 26 heavy (non-hydrogen) atoms. The Hall–Kier alpha value is -3.04. The molecule has 1 aliphatic heterocycles. The van der Waals surface area contributed by atoms with E-state index in [1.165, 1.54) is 0 Å². The summed E-state index contributed by atoms with van der Waals surface area (Å²) in [6, 6.07) is 26.6. The van der Waals surface area contributed by atoms with Gasteiger partial charge in [-0.1, -0.05) is 84.9 Å². The first-order chi connectivity index (χ1) is 12.7. The lowest BCUT2D eigenvalue weighted by Gasteiger charge is -2.27. The maximum atomic E-state index is 13.4. The van der Waals surface area contributed by atoms with Crippen LogP contribution >= 0.6 is 0 Å². The van der Waals surface area contributed by atoms with Crippen molar-refractivity contribution in [2.75, 3.05) is 0 Å². The van der Waals surface area contributed by atoms with Crippen LogP contribution < -0.4 is 0 Å². The molecule has 3 nitrogen and oxygen atoms in total. The lowest BCUT2D eigenvalue weighted by molar-refractivity contribution is 0.0845. The van der Waals surface area contributed by atoms with Gasteiger partial charge in [0.15, 0.2) is 23.3 Å². The van der Waals surface area contributed by atoms with Gasteiger partial charge in [0.2, 0.25) is 0 Å². The summed E-state index contributed by atoms with van der Waals surface area (Å²) >= 11 is 0. The van der Waals surface area contributed by atoms with Crippen molar-refractivity contribution in [3.63, 3.8) is 0 Å². The third kappa shape index (κ3) is 1.98. The van der Waals surface area contributed by atoms with Crippen molar-refractivity contribution in [3.05, 3.63) is 107 Å². The number of hydrogen-bond donors (Lipinski definition) is 0. The second-order valence-corrected chi connectivity index (χ2v) is 6.78. The van der Waals surface area contributed by atoms with Crippen LogP contribution in [0.15, 0.2) is 84.9 Å². The van der Waals surface area contributed by atoms with Gasteiger partial charge in [-0.05, 0) is 11.1 Å². The topological polar surface area (TPSA) is 46.7 Å². The zero-order valence-electron chi connectivity index (χ0n) is 14.0. The summed E-state index contributed by atoms with van der Waals surface area (Å²) in [7, 11) is 0. The van der Waals surface area contributed by atoms with E-state index in [1.807, 2.05) is 60.7 Å². The molecule has 0 bridgehead atoms. The first kappa shape index (κ1) is 15.2. The predicted octanol–water partition coefficient (Wildman–Crippen LogP) is 4.04. The van der Waals surface area contributed by atoms with Gasteiger partial charge >= 0.3 is 0 Å². The lowest BCUT2D eigenvalue weighted by Crippen LogP contribution is -2.42. The van der Waals surface area contributed by atoms with E-state index in [0.717, 1.165) is 11.1 Å². The summed E-state index contributed by atoms with van der Waals surface area (Å²) in [5.74, 6) is -0.521. The maximum absolute atomic E-state index is 13.4.